The zero-order valence-electron chi connectivity index (χ0n) is 19.0. The summed E-state index contributed by atoms with van der Waals surface area (Å²) in [5.74, 6) is 0.0557. The van der Waals surface area contributed by atoms with Crippen molar-refractivity contribution in [2.75, 3.05) is 7.11 Å². The zero-order valence-corrected chi connectivity index (χ0v) is 23.5. The Labute approximate surface area is 222 Å². The molecule has 0 fully saturated rings. The third kappa shape index (κ3) is 4.92. The van der Waals surface area contributed by atoms with Crippen LogP contribution in [0.5, 0.6) is 5.75 Å². The van der Waals surface area contributed by atoms with E-state index in [2.05, 4.69) is 43.5 Å². The largest absolute Gasteiger partial charge is 0.496 e. The van der Waals surface area contributed by atoms with Crippen LogP contribution in [0, 0.1) is 3.57 Å². The van der Waals surface area contributed by atoms with Gasteiger partial charge in [-0.25, -0.2) is 9.79 Å². The fourth-order valence-corrected chi connectivity index (χ4v) is 5.81. The predicted octanol–water partition coefficient (Wildman–Crippen LogP) is 4.56. The SMILES string of the molecule is COc1ccc(Br)cc1[C@H]1C(C(=O)OC(C)C)=C(C)N=c2s/c(=C\c3cccc(I)c3)c(=O)n21. The second kappa shape index (κ2) is 10.2. The first-order valence-corrected chi connectivity index (χ1v) is 13.2. The molecule has 3 aromatic rings. The summed E-state index contributed by atoms with van der Waals surface area (Å²) in [5, 5.41) is 0. The Morgan fingerprint density at radius 2 is 2.03 bits per heavy atom. The number of aromatic nitrogens is 1. The third-order valence-electron chi connectivity index (χ3n) is 5.22. The van der Waals surface area contributed by atoms with E-state index in [4.69, 9.17) is 9.47 Å². The number of nitrogens with zero attached hydrogens (tertiary/aromatic N) is 2. The van der Waals surface area contributed by atoms with Gasteiger partial charge in [0.05, 0.1) is 29.0 Å². The van der Waals surface area contributed by atoms with Crippen molar-refractivity contribution in [1.29, 1.82) is 0 Å². The van der Waals surface area contributed by atoms with Gasteiger partial charge in [-0.1, -0.05) is 39.4 Å². The number of carbonyl (C=O) groups excluding carboxylic acids is 1. The number of allylic oxidation sites excluding steroid dienone is 1. The van der Waals surface area contributed by atoms with Crippen LogP contribution in [0.1, 0.15) is 37.9 Å². The molecule has 2 heterocycles. The van der Waals surface area contributed by atoms with Gasteiger partial charge in [0.25, 0.3) is 5.56 Å². The summed E-state index contributed by atoms with van der Waals surface area (Å²) in [6.07, 6.45) is 1.54. The van der Waals surface area contributed by atoms with Crippen molar-refractivity contribution in [1.82, 2.24) is 4.57 Å². The molecule has 0 N–H and O–H groups in total. The maximum atomic E-state index is 13.7. The van der Waals surface area contributed by atoms with E-state index in [0.29, 0.717) is 31.9 Å². The van der Waals surface area contributed by atoms with Gasteiger partial charge in [-0.15, -0.1) is 0 Å². The van der Waals surface area contributed by atoms with Gasteiger partial charge >= 0.3 is 5.97 Å². The zero-order chi connectivity index (χ0) is 24.6. The van der Waals surface area contributed by atoms with Crippen LogP contribution < -0.4 is 19.6 Å². The molecule has 0 unspecified atom stereocenters. The standard InChI is InChI=1S/C25H22BrIN2O4S/c1-13(2)33-24(31)21-14(3)28-25-29(22(21)18-12-16(26)8-9-19(18)32-4)23(30)20(34-25)11-15-6-5-7-17(27)10-15/h5-13,22H,1-4H3/b20-11-/t22-/m0/s1. The lowest BCUT2D eigenvalue weighted by molar-refractivity contribution is -0.143. The third-order valence-corrected chi connectivity index (χ3v) is 7.36. The van der Waals surface area contributed by atoms with Crippen molar-refractivity contribution < 1.29 is 14.3 Å². The number of halogens is 2. The van der Waals surface area contributed by atoms with E-state index in [1.165, 1.54) is 11.3 Å². The second-order valence-corrected chi connectivity index (χ2v) is 11.1. The van der Waals surface area contributed by atoms with Gasteiger partial charge in [-0.3, -0.25) is 9.36 Å². The molecule has 0 bridgehead atoms. The Kier molecular flexibility index (Phi) is 7.44. The second-order valence-electron chi connectivity index (χ2n) is 7.98. The van der Waals surface area contributed by atoms with Gasteiger partial charge in [0, 0.05) is 13.6 Å². The minimum absolute atomic E-state index is 0.225. The van der Waals surface area contributed by atoms with Crippen LogP contribution in [0.25, 0.3) is 6.08 Å². The van der Waals surface area contributed by atoms with Crippen molar-refractivity contribution in [3.8, 4) is 5.75 Å². The van der Waals surface area contributed by atoms with E-state index in [1.54, 1.807) is 32.4 Å². The Morgan fingerprint density at radius 3 is 2.71 bits per heavy atom. The van der Waals surface area contributed by atoms with Gasteiger partial charge < -0.3 is 9.47 Å². The topological polar surface area (TPSA) is 69.9 Å². The van der Waals surface area contributed by atoms with Gasteiger partial charge in [-0.2, -0.15) is 0 Å². The highest BCUT2D eigenvalue weighted by atomic mass is 127. The molecule has 34 heavy (non-hydrogen) atoms. The number of hydrogen-bond acceptors (Lipinski definition) is 6. The van der Waals surface area contributed by atoms with E-state index < -0.39 is 12.0 Å². The Morgan fingerprint density at radius 1 is 1.26 bits per heavy atom. The molecule has 0 amide bonds. The van der Waals surface area contributed by atoms with E-state index in [-0.39, 0.29) is 11.7 Å². The molecule has 4 rings (SSSR count). The van der Waals surface area contributed by atoms with Crippen molar-refractivity contribution in [3.05, 3.63) is 92.6 Å². The van der Waals surface area contributed by atoms with Crippen molar-refractivity contribution in [2.45, 2.75) is 32.9 Å². The van der Waals surface area contributed by atoms with E-state index in [0.717, 1.165) is 13.6 Å². The normalized spacial score (nSPS) is 15.9. The van der Waals surface area contributed by atoms with E-state index in [1.807, 2.05) is 48.5 Å². The summed E-state index contributed by atoms with van der Waals surface area (Å²) < 4.78 is 15.2. The highest BCUT2D eigenvalue weighted by Gasteiger charge is 2.35. The number of hydrogen-bond donors (Lipinski definition) is 0. The number of ether oxygens (including phenoxy) is 2. The lowest BCUT2D eigenvalue weighted by Gasteiger charge is -2.26. The van der Waals surface area contributed by atoms with Crippen LogP contribution in [0.3, 0.4) is 0 Å². The quantitative estimate of drug-likeness (QED) is 0.299. The summed E-state index contributed by atoms with van der Waals surface area (Å²) in [7, 11) is 1.57. The molecule has 0 saturated carbocycles. The number of fused-ring (bicyclic) bond motifs is 1. The first-order valence-electron chi connectivity index (χ1n) is 10.5. The lowest BCUT2D eigenvalue weighted by Crippen LogP contribution is -2.40. The average molecular weight is 653 g/mol. The molecule has 1 atom stereocenters. The van der Waals surface area contributed by atoms with Gasteiger partial charge in [0.2, 0.25) is 0 Å². The predicted molar refractivity (Wildman–Crippen MR) is 145 cm³/mol. The fraction of sp³-hybridized carbons (Fsp3) is 0.240. The van der Waals surface area contributed by atoms with E-state index >= 15 is 0 Å². The summed E-state index contributed by atoms with van der Waals surface area (Å²) in [6, 6.07) is 12.7. The Balaban J connectivity index is 2.01. The maximum absolute atomic E-state index is 13.7. The molecule has 1 aromatic heterocycles. The number of esters is 1. The monoisotopic (exact) mass is 652 g/mol. The maximum Gasteiger partial charge on any atom is 0.338 e. The first-order chi connectivity index (χ1) is 16.2. The fourth-order valence-electron chi connectivity index (χ4n) is 3.82. The van der Waals surface area contributed by atoms with Crippen molar-refractivity contribution in [2.24, 2.45) is 4.99 Å². The smallest absolute Gasteiger partial charge is 0.338 e. The molecular formula is C25H22BrIN2O4S. The molecule has 0 saturated heterocycles. The van der Waals surface area contributed by atoms with Crippen LogP contribution in [-0.2, 0) is 9.53 Å². The van der Waals surface area contributed by atoms with Crippen LogP contribution in [0.15, 0.2) is 68.0 Å². The van der Waals surface area contributed by atoms with Crippen LogP contribution in [0.2, 0.25) is 0 Å². The van der Waals surface area contributed by atoms with E-state index in [9.17, 15) is 9.59 Å². The van der Waals surface area contributed by atoms with Gasteiger partial charge in [0.1, 0.15) is 11.8 Å². The minimum atomic E-state index is -0.743. The van der Waals surface area contributed by atoms with Crippen molar-refractivity contribution >= 4 is 61.9 Å². The Bertz CT molecular complexity index is 1490. The molecule has 0 aliphatic carbocycles. The molecule has 1 aliphatic heterocycles. The molecular weight excluding hydrogens is 631 g/mol. The van der Waals surface area contributed by atoms with Gasteiger partial charge in [0.15, 0.2) is 4.80 Å². The highest BCUT2D eigenvalue weighted by molar-refractivity contribution is 14.1. The number of rotatable bonds is 5. The Hall–Kier alpha value is -2.24. The summed E-state index contributed by atoms with van der Waals surface area (Å²) in [5.41, 5.74) is 2.20. The number of thiazole rings is 1. The summed E-state index contributed by atoms with van der Waals surface area (Å²) in [4.78, 5) is 32.1. The van der Waals surface area contributed by atoms with Crippen LogP contribution >= 0.6 is 49.9 Å². The summed E-state index contributed by atoms with van der Waals surface area (Å²) in [6.45, 7) is 5.35. The van der Waals surface area contributed by atoms with Crippen LogP contribution in [-0.4, -0.2) is 23.8 Å². The molecule has 0 radical (unpaired) electrons. The number of methoxy groups -OCH3 is 1. The number of carbonyl (C=O) groups is 1. The number of benzene rings is 2. The average Bonchev–Trinajstić information content (AvgIpc) is 3.06. The molecule has 9 heteroatoms. The lowest BCUT2D eigenvalue weighted by atomic mass is 9.95. The molecule has 2 aromatic carbocycles. The molecule has 1 aliphatic rings. The van der Waals surface area contributed by atoms with Gasteiger partial charge in [-0.05, 0) is 85.3 Å². The first kappa shape index (κ1) is 24.9. The van der Waals surface area contributed by atoms with Crippen LogP contribution in [0.4, 0.5) is 0 Å². The molecule has 176 valence electrons. The van der Waals surface area contributed by atoms with Crippen molar-refractivity contribution in [3.63, 3.8) is 0 Å². The minimum Gasteiger partial charge on any atom is -0.496 e. The highest BCUT2D eigenvalue weighted by Crippen LogP contribution is 2.37. The molecule has 6 nitrogen and oxygen atoms in total. The molecule has 0 spiro atoms. The summed E-state index contributed by atoms with van der Waals surface area (Å²) >= 11 is 7.06.